The van der Waals surface area contributed by atoms with Crippen LogP contribution < -0.4 is 15.8 Å². The maximum atomic E-state index is 12.8. The molecule has 0 unspecified atom stereocenters. The molecule has 1 aromatic carbocycles. The molecule has 0 radical (unpaired) electrons. The first-order chi connectivity index (χ1) is 16.4. The third-order valence-corrected chi connectivity index (χ3v) is 6.97. The Morgan fingerprint density at radius 3 is 2.74 bits per heavy atom. The molecule has 34 heavy (non-hydrogen) atoms. The largest absolute Gasteiger partial charge is 0.490 e. The van der Waals surface area contributed by atoms with Gasteiger partial charge in [-0.05, 0) is 58.3 Å². The smallest absolute Gasteiger partial charge is 0.237 e. The van der Waals surface area contributed by atoms with Crippen LogP contribution in [-0.4, -0.2) is 63.5 Å². The van der Waals surface area contributed by atoms with E-state index in [1.807, 2.05) is 26.1 Å². The number of likely N-dealkylation sites (N-methyl/N-ethyl adjacent to an activating group) is 1. The number of fused-ring (bicyclic) bond motifs is 1. The van der Waals surface area contributed by atoms with Crippen LogP contribution in [0, 0.1) is 12.3 Å². The third kappa shape index (κ3) is 4.65. The molecular weight excluding hydrogens is 430 g/mol. The number of carbonyl (C=O) groups excluding carboxylic acids is 1. The highest BCUT2D eigenvalue weighted by molar-refractivity contribution is 5.90. The summed E-state index contributed by atoms with van der Waals surface area (Å²) in [5.41, 5.74) is 8.89. The summed E-state index contributed by atoms with van der Waals surface area (Å²) in [7, 11) is 2.03. The van der Waals surface area contributed by atoms with E-state index in [2.05, 4.69) is 30.2 Å². The van der Waals surface area contributed by atoms with Crippen LogP contribution in [0.5, 0.6) is 5.75 Å². The van der Waals surface area contributed by atoms with Crippen molar-refractivity contribution in [2.45, 2.75) is 45.1 Å². The van der Waals surface area contributed by atoms with Crippen molar-refractivity contribution in [1.82, 2.24) is 30.2 Å². The molecule has 0 bridgehead atoms. The van der Waals surface area contributed by atoms with Crippen LogP contribution in [0.15, 0.2) is 30.7 Å². The highest BCUT2D eigenvalue weighted by Gasteiger charge is 2.44. The number of aromatic nitrogens is 4. The Kier molecular flexibility index (Phi) is 6.03. The zero-order valence-corrected chi connectivity index (χ0v) is 19.8. The fourth-order valence-corrected chi connectivity index (χ4v) is 4.54. The van der Waals surface area contributed by atoms with Gasteiger partial charge in [0.1, 0.15) is 17.2 Å². The van der Waals surface area contributed by atoms with Crippen molar-refractivity contribution in [2.24, 2.45) is 5.41 Å². The Labute approximate surface area is 199 Å². The molecule has 1 atom stereocenters. The Morgan fingerprint density at radius 2 is 2.00 bits per heavy atom. The van der Waals surface area contributed by atoms with Gasteiger partial charge in [0.25, 0.3) is 0 Å². The van der Waals surface area contributed by atoms with Crippen molar-refractivity contribution in [3.63, 3.8) is 0 Å². The lowest BCUT2D eigenvalue weighted by molar-refractivity contribution is -0.127. The van der Waals surface area contributed by atoms with Gasteiger partial charge >= 0.3 is 0 Å². The van der Waals surface area contributed by atoms with Gasteiger partial charge in [0.2, 0.25) is 5.91 Å². The number of aryl methyl sites for hydroxylation is 1. The highest BCUT2D eigenvalue weighted by Crippen LogP contribution is 2.46. The van der Waals surface area contributed by atoms with E-state index < -0.39 is 0 Å². The standard InChI is InChI=1S/C25H31N7O2/c1-16-27-11-17(12-28-16)18-6-7-19-22(31-21(26)13-29-19)23(18)34-15-25(8-9-25)14-30-24(33)20-5-3-4-10-32(20)2/h6-7,11-13,20H,3-5,8-10,14-15H2,1-2H3,(H2,26,31)(H,30,33)/t20-/m0/s1. The first-order valence-corrected chi connectivity index (χ1v) is 11.9. The van der Waals surface area contributed by atoms with Gasteiger partial charge in [0.05, 0.1) is 24.4 Å². The summed E-state index contributed by atoms with van der Waals surface area (Å²) in [5, 5.41) is 3.19. The van der Waals surface area contributed by atoms with Gasteiger partial charge in [-0.15, -0.1) is 0 Å². The van der Waals surface area contributed by atoms with E-state index in [-0.39, 0.29) is 17.4 Å². The number of nitrogens with one attached hydrogen (secondary N) is 1. The minimum atomic E-state index is -0.0696. The summed E-state index contributed by atoms with van der Waals surface area (Å²) >= 11 is 0. The molecule has 178 valence electrons. The molecule has 0 spiro atoms. The Balaban J connectivity index is 1.35. The van der Waals surface area contributed by atoms with Gasteiger partial charge in [0.15, 0.2) is 5.75 Å². The number of rotatable bonds is 7. The predicted octanol–water partition coefficient (Wildman–Crippen LogP) is 2.74. The Bertz CT molecular complexity index is 1190. The predicted molar refractivity (Wildman–Crippen MR) is 130 cm³/mol. The molecule has 2 aromatic heterocycles. The summed E-state index contributed by atoms with van der Waals surface area (Å²) in [5.74, 6) is 1.77. The van der Waals surface area contributed by atoms with E-state index in [1.165, 1.54) is 0 Å². The molecule has 5 rings (SSSR count). The van der Waals surface area contributed by atoms with Crippen molar-refractivity contribution in [3.8, 4) is 16.9 Å². The molecule has 9 heteroatoms. The maximum Gasteiger partial charge on any atom is 0.237 e. The van der Waals surface area contributed by atoms with Crippen LogP contribution in [-0.2, 0) is 4.79 Å². The first-order valence-electron chi connectivity index (χ1n) is 11.9. The summed E-state index contributed by atoms with van der Waals surface area (Å²) in [6.45, 7) is 3.91. The van der Waals surface area contributed by atoms with Crippen LogP contribution >= 0.6 is 0 Å². The second-order valence-electron chi connectivity index (χ2n) is 9.62. The topological polar surface area (TPSA) is 119 Å². The molecule has 3 aromatic rings. The molecule has 9 nitrogen and oxygen atoms in total. The zero-order chi connectivity index (χ0) is 23.7. The van der Waals surface area contributed by atoms with Crippen LogP contribution in [0.2, 0.25) is 0 Å². The van der Waals surface area contributed by atoms with Gasteiger partial charge in [-0.2, -0.15) is 0 Å². The number of ether oxygens (including phenoxy) is 1. The van der Waals surface area contributed by atoms with Crippen molar-refractivity contribution >= 4 is 22.8 Å². The number of nitrogens with two attached hydrogens (primary N) is 1. The average molecular weight is 462 g/mol. The van der Waals surface area contributed by atoms with E-state index in [1.54, 1.807) is 18.6 Å². The normalized spacial score (nSPS) is 19.6. The van der Waals surface area contributed by atoms with Crippen molar-refractivity contribution in [3.05, 3.63) is 36.5 Å². The molecular formula is C25H31N7O2. The van der Waals surface area contributed by atoms with Crippen LogP contribution in [0.1, 0.15) is 37.9 Å². The summed E-state index contributed by atoms with van der Waals surface area (Å²) in [6, 6.07) is 3.82. The van der Waals surface area contributed by atoms with Gasteiger partial charge in [-0.3, -0.25) is 14.7 Å². The molecule has 3 heterocycles. The van der Waals surface area contributed by atoms with E-state index in [4.69, 9.17) is 10.5 Å². The number of nitrogens with zero attached hydrogens (tertiary/aromatic N) is 5. The summed E-state index contributed by atoms with van der Waals surface area (Å²) in [4.78, 5) is 32.6. The molecule has 1 aliphatic heterocycles. The zero-order valence-electron chi connectivity index (χ0n) is 19.8. The minimum absolute atomic E-state index is 0.0325. The van der Waals surface area contributed by atoms with Crippen LogP contribution in [0.25, 0.3) is 22.2 Å². The van der Waals surface area contributed by atoms with Crippen molar-refractivity contribution in [2.75, 3.05) is 32.5 Å². The molecule has 1 amide bonds. The van der Waals surface area contributed by atoms with Gasteiger partial charge in [-0.25, -0.2) is 15.0 Å². The Morgan fingerprint density at radius 1 is 1.21 bits per heavy atom. The maximum absolute atomic E-state index is 12.8. The SMILES string of the molecule is Cc1ncc(-c2ccc3ncc(N)nc3c2OCC2(CNC(=O)[C@@H]3CCCCN3C)CC2)cn1. The summed E-state index contributed by atoms with van der Waals surface area (Å²) in [6.07, 6.45) is 10.3. The fraction of sp³-hybridized carbons (Fsp3) is 0.480. The van der Waals surface area contributed by atoms with E-state index in [0.29, 0.717) is 41.6 Å². The van der Waals surface area contributed by atoms with Gasteiger partial charge in [0, 0.05) is 35.5 Å². The lowest BCUT2D eigenvalue weighted by Crippen LogP contribution is -2.49. The molecule has 2 fully saturated rings. The number of anilines is 1. The summed E-state index contributed by atoms with van der Waals surface area (Å²) < 4.78 is 6.44. The first kappa shape index (κ1) is 22.5. The number of piperidine rings is 1. The second-order valence-corrected chi connectivity index (χ2v) is 9.62. The molecule has 3 N–H and O–H groups in total. The van der Waals surface area contributed by atoms with Crippen LogP contribution in [0.4, 0.5) is 5.82 Å². The number of hydrogen-bond donors (Lipinski definition) is 2. The number of nitrogen functional groups attached to an aromatic ring is 1. The minimum Gasteiger partial charge on any atom is -0.490 e. The Hall–Kier alpha value is -3.33. The molecule has 1 saturated heterocycles. The lowest BCUT2D eigenvalue weighted by atomic mass is 10.0. The monoisotopic (exact) mass is 461 g/mol. The van der Waals surface area contributed by atoms with Crippen LogP contribution in [0.3, 0.4) is 0 Å². The van der Waals surface area contributed by atoms with E-state index in [9.17, 15) is 4.79 Å². The van der Waals surface area contributed by atoms with Crippen molar-refractivity contribution in [1.29, 1.82) is 0 Å². The fourth-order valence-electron chi connectivity index (χ4n) is 4.54. The average Bonchev–Trinajstić information content (AvgIpc) is 3.62. The van der Waals surface area contributed by atoms with Gasteiger partial charge in [-0.1, -0.05) is 6.42 Å². The molecule has 1 aliphatic carbocycles. The third-order valence-electron chi connectivity index (χ3n) is 6.97. The quantitative estimate of drug-likeness (QED) is 0.551. The number of hydrogen-bond acceptors (Lipinski definition) is 8. The second kappa shape index (κ2) is 9.13. The number of carbonyl (C=O) groups is 1. The van der Waals surface area contributed by atoms with Crippen molar-refractivity contribution < 1.29 is 9.53 Å². The number of likely N-dealkylation sites (tertiary alicyclic amines) is 1. The van der Waals surface area contributed by atoms with Gasteiger partial charge < -0.3 is 15.8 Å². The highest BCUT2D eigenvalue weighted by atomic mass is 16.5. The molecule has 1 saturated carbocycles. The lowest BCUT2D eigenvalue weighted by Gasteiger charge is -2.31. The molecule has 2 aliphatic rings. The van der Waals surface area contributed by atoms with E-state index >= 15 is 0 Å². The number of amides is 1. The van der Waals surface area contributed by atoms with E-state index in [0.717, 1.165) is 49.8 Å². The number of benzene rings is 1.